The normalized spacial score (nSPS) is 17.0. The maximum absolute atomic E-state index is 5.93. The van der Waals surface area contributed by atoms with Gasteiger partial charge in [-0.05, 0) is 50.1 Å². The Bertz CT molecular complexity index is 751. The van der Waals surface area contributed by atoms with Gasteiger partial charge in [-0.3, -0.25) is 0 Å². The van der Waals surface area contributed by atoms with E-state index in [-0.39, 0.29) is 12.9 Å². The maximum atomic E-state index is 5.93. The topological polar surface area (TPSA) is 58.2 Å². The monoisotopic (exact) mass is 371 g/mol. The highest BCUT2D eigenvalue weighted by Gasteiger charge is 2.19. The zero-order valence-electron chi connectivity index (χ0n) is 15.3. The lowest BCUT2D eigenvalue weighted by Crippen LogP contribution is -2.38. The van der Waals surface area contributed by atoms with Crippen molar-refractivity contribution in [3.05, 3.63) is 42.5 Å². The van der Waals surface area contributed by atoms with Gasteiger partial charge in [-0.15, -0.1) is 0 Å². The molecule has 0 unspecified atom stereocenters. The molecule has 1 atom stereocenters. The number of hydrogen-bond donors (Lipinski definition) is 1. The highest BCUT2D eigenvalue weighted by Crippen LogP contribution is 2.35. The van der Waals surface area contributed by atoms with E-state index >= 15 is 0 Å². The van der Waals surface area contributed by atoms with Crippen LogP contribution in [0.25, 0.3) is 0 Å². The number of benzene rings is 2. The Labute approximate surface area is 159 Å². The standard InChI is InChI=1S/C21H25NO5/c1(5-11-23-16-8-9-19-21(12-16)26-15-25-19)4-10-22-13-17-14-24-18-6-2-3-7-20(18)27-17/h2-3,6-9,12,17,22H,1,4-5,10-11,13-15H2/t17-/m0/s1. The van der Waals surface area contributed by atoms with Crippen LogP contribution in [0.2, 0.25) is 0 Å². The fourth-order valence-corrected chi connectivity index (χ4v) is 3.11. The molecule has 2 aliphatic rings. The lowest BCUT2D eigenvalue weighted by atomic mass is 10.2. The molecule has 0 spiro atoms. The average molecular weight is 371 g/mol. The van der Waals surface area contributed by atoms with Crippen molar-refractivity contribution in [2.45, 2.75) is 25.4 Å². The Morgan fingerprint density at radius 1 is 0.889 bits per heavy atom. The van der Waals surface area contributed by atoms with Crippen LogP contribution >= 0.6 is 0 Å². The fraction of sp³-hybridized carbons (Fsp3) is 0.429. The van der Waals surface area contributed by atoms with E-state index < -0.39 is 0 Å². The summed E-state index contributed by atoms with van der Waals surface area (Å²) < 4.78 is 28.1. The summed E-state index contributed by atoms with van der Waals surface area (Å²) in [6.07, 6.45) is 3.30. The van der Waals surface area contributed by atoms with Crippen molar-refractivity contribution < 1.29 is 23.7 Å². The van der Waals surface area contributed by atoms with Crippen molar-refractivity contribution in [1.82, 2.24) is 5.32 Å². The number of hydrogen-bond acceptors (Lipinski definition) is 6. The van der Waals surface area contributed by atoms with Crippen LogP contribution in [0.5, 0.6) is 28.7 Å². The van der Waals surface area contributed by atoms with E-state index in [1.807, 2.05) is 42.5 Å². The Hall–Kier alpha value is -2.60. The van der Waals surface area contributed by atoms with Crippen molar-refractivity contribution in [3.63, 3.8) is 0 Å². The van der Waals surface area contributed by atoms with Gasteiger partial charge in [-0.25, -0.2) is 0 Å². The van der Waals surface area contributed by atoms with E-state index in [9.17, 15) is 0 Å². The minimum absolute atomic E-state index is 0.0641. The summed E-state index contributed by atoms with van der Waals surface area (Å²) in [5.41, 5.74) is 0. The molecular formula is C21H25NO5. The van der Waals surface area contributed by atoms with Crippen LogP contribution in [-0.4, -0.2) is 39.2 Å². The number of nitrogens with one attached hydrogen (secondary N) is 1. The maximum Gasteiger partial charge on any atom is 0.231 e. The molecule has 0 saturated carbocycles. The molecule has 2 aliphatic heterocycles. The summed E-state index contributed by atoms with van der Waals surface area (Å²) in [4.78, 5) is 0. The Morgan fingerprint density at radius 3 is 2.70 bits per heavy atom. The summed E-state index contributed by atoms with van der Waals surface area (Å²) in [5.74, 6) is 4.03. The molecular weight excluding hydrogens is 346 g/mol. The van der Waals surface area contributed by atoms with Crippen LogP contribution in [-0.2, 0) is 0 Å². The lowest BCUT2D eigenvalue weighted by Gasteiger charge is -2.26. The van der Waals surface area contributed by atoms with Gasteiger partial charge in [0.15, 0.2) is 23.0 Å². The third-order valence-electron chi connectivity index (χ3n) is 4.55. The average Bonchev–Trinajstić information content (AvgIpc) is 3.18. The first-order chi connectivity index (χ1) is 13.4. The number of unbranched alkanes of at least 4 members (excludes halogenated alkanes) is 2. The molecule has 0 aromatic heterocycles. The molecule has 0 fully saturated rings. The molecule has 6 nitrogen and oxygen atoms in total. The van der Waals surface area contributed by atoms with E-state index in [2.05, 4.69) is 5.32 Å². The third kappa shape index (κ3) is 4.77. The minimum atomic E-state index is 0.0641. The molecule has 0 bridgehead atoms. The van der Waals surface area contributed by atoms with E-state index in [4.69, 9.17) is 23.7 Å². The highest BCUT2D eigenvalue weighted by molar-refractivity contribution is 5.46. The van der Waals surface area contributed by atoms with Crippen LogP contribution in [0.3, 0.4) is 0 Å². The number of para-hydroxylation sites is 2. The van der Waals surface area contributed by atoms with Crippen LogP contribution in [0, 0.1) is 0 Å². The molecule has 0 aliphatic carbocycles. The second kappa shape index (κ2) is 8.86. The van der Waals surface area contributed by atoms with Crippen LogP contribution in [0.1, 0.15) is 19.3 Å². The van der Waals surface area contributed by atoms with E-state index in [1.165, 1.54) is 0 Å². The first kappa shape index (κ1) is 17.8. The summed E-state index contributed by atoms with van der Waals surface area (Å²) in [6, 6.07) is 13.5. The van der Waals surface area contributed by atoms with Gasteiger partial charge in [0, 0.05) is 12.6 Å². The van der Waals surface area contributed by atoms with Gasteiger partial charge in [-0.1, -0.05) is 12.1 Å². The minimum Gasteiger partial charge on any atom is -0.493 e. The van der Waals surface area contributed by atoms with Crippen LogP contribution in [0.15, 0.2) is 42.5 Å². The SMILES string of the molecule is c1ccc2c(c1)OC[C@H](CNCCCCCOc1ccc3c(c1)OCO3)O2. The molecule has 0 radical (unpaired) electrons. The van der Waals surface area contributed by atoms with Crippen molar-refractivity contribution in [2.24, 2.45) is 0 Å². The molecule has 1 N–H and O–H groups in total. The summed E-state index contributed by atoms with van der Waals surface area (Å²) in [7, 11) is 0. The molecule has 144 valence electrons. The number of ether oxygens (including phenoxy) is 5. The molecule has 6 heteroatoms. The van der Waals surface area contributed by atoms with Gasteiger partial charge in [-0.2, -0.15) is 0 Å². The molecule has 2 aromatic rings. The zero-order valence-corrected chi connectivity index (χ0v) is 15.3. The van der Waals surface area contributed by atoms with Gasteiger partial charge in [0.2, 0.25) is 6.79 Å². The van der Waals surface area contributed by atoms with Crippen molar-refractivity contribution in [3.8, 4) is 28.7 Å². The fourth-order valence-electron chi connectivity index (χ4n) is 3.11. The third-order valence-corrected chi connectivity index (χ3v) is 4.55. The summed E-state index contributed by atoms with van der Waals surface area (Å²) in [6.45, 7) is 3.34. The van der Waals surface area contributed by atoms with Crippen molar-refractivity contribution >= 4 is 0 Å². The number of fused-ring (bicyclic) bond motifs is 2. The predicted molar refractivity (Wildman–Crippen MR) is 101 cm³/mol. The molecule has 4 rings (SSSR count). The first-order valence-electron chi connectivity index (χ1n) is 9.50. The summed E-state index contributed by atoms with van der Waals surface area (Å²) >= 11 is 0. The van der Waals surface area contributed by atoms with E-state index in [0.717, 1.165) is 61.1 Å². The molecule has 2 heterocycles. The largest absolute Gasteiger partial charge is 0.493 e. The lowest BCUT2D eigenvalue weighted by molar-refractivity contribution is 0.0904. The Balaban J connectivity index is 1.05. The van der Waals surface area contributed by atoms with Crippen molar-refractivity contribution in [1.29, 1.82) is 0 Å². The Kier molecular flexibility index (Phi) is 5.84. The van der Waals surface area contributed by atoms with Crippen molar-refractivity contribution in [2.75, 3.05) is 33.1 Å². The molecule has 0 saturated heterocycles. The molecule has 2 aromatic carbocycles. The quantitative estimate of drug-likeness (QED) is 0.682. The van der Waals surface area contributed by atoms with Gasteiger partial charge >= 0.3 is 0 Å². The van der Waals surface area contributed by atoms with Crippen LogP contribution < -0.4 is 29.0 Å². The predicted octanol–water partition coefficient (Wildman–Crippen LogP) is 3.39. The molecule has 0 amide bonds. The number of rotatable bonds is 9. The second-order valence-electron chi connectivity index (χ2n) is 6.63. The van der Waals surface area contributed by atoms with Crippen LogP contribution in [0.4, 0.5) is 0 Å². The Morgan fingerprint density at radius 2 is 1.74 bits per heavy atom. The first-order valence-corrected chi connectivity index (χ1v) is 9.50. The smallest absolute Gasteiger partial charge is 0.231 e. The van der Waals surface area contributed by atoms with Gasteiger partial charge in [0.25, 0.3) is 0 Å². The van der Waals surface area contributed by atoms with Gasteiger partial charge < -0.3 is 29.0 Å². The van der Waals surface area contributed by atoms with Gasteiger partial charge in [0.05, 0.1) is 6.61 Å². The second-order valence-corrected chi connectivity index (χ2v) is 6.63. The summed E-state index contributed by atoms with van der Waals surface area (Å²) in [5, 5.41) is 3.45. The van der Waals surface area contributed by atoms with E-state index in [1.54, 1.807) is 0 Å². The zero-order chi connectivity index (χ0) is 18.3. The van der Waals surface area contributed by atoms with E-state index in [0.29, 0.717) is 13.2 Å². The van der Waals surface area contributed by atoms with Gasteiger partial charge in [0.1, 0.15) is 18.5 Å². The molecule has 27 heavy (non-hydrogen) atoms. The highest BCUT2D eigenvalue weighted by atomic mass is 16.7.